The molecule has 108 valence electrons. The van der Waals surface area contributed by atoms with Crippen LogP contribution in [-0.2, 0) is 17.6 Å². The SMILES string of the molecule is O=C1CCCN1C1CCN(c2nc3c(s2)CCC3)CC1. The van der Waals surface area contributed by atoms with Gasteiger partial charge in [0, 0.05) is 37.0 Å². The first-order valence-corrected chi connectivity index (χ1v) is 8.66. The summed E-state index contributed by atoms with van der Waals surface area (Å²) in [4.78, 5) is 22.7. The number of carbonyl (C=O) groups excluding carboxylic acids is 1. The van der Waals surface area contributed by atoms with Crippen molar-refractivity contribution in [2.24, 2.45) is 0 Å². The number of aromatic nitrogens is 1. The summed E-state index contributed by atoms with van der Waals surface area (Å²) in [7, 11) is 0. The summed E-state index contributed by atoms with van der Waals surface area (Å²) >= 11 is 1.90. The number of aryl methyl sites for hydroxylation is 2. The van der Waals surface area contributed by atoms with Gasteiger partial charge < -0.3 is 9.80 Å². The van der Waals surface area contributed by atoms with Crippen molar-refractivity contribution in [3.63, 3.8) is 0 Å². The number of anilines is 1. The topological polar surface area (TPSA) is 36.4 Å². The quantitative estimate of drug-likeness (QED) is 0.838. The molecule has 0 radical (unpaired) electrons. The van der Waals surface area contributed by atoms with Crippen LogP contribution in [0.5, 0.6) is 0 Å². The number of rotatable bonds is 2. The van der Waals surface area contributed by atoms with Gasteiger partial charge >= 0.3 is 0 Å². The molecule has 0 unspecified atom stereocenters. The van der Waals surface area contributed by atoms with E-state index in [9.17, 15) is 4.79 Å². The molecule has 0 bridgehead atoms. The standard InChI is InChI=1S/C15H21N3OS/c19-14-5-2-8-18(14)11-6-9-17(10-7-11)15-16-12-3-1-4-13(12)20-15/h11H,1-10H2. The van der Waals surface area contributed by atoms with E-state index in [2.05, 4.69) is 9.80 Å². The van der Waals surface area contributed by atoms with Crippen LogP contribution in [-0.4, -0.2) is 41.5 Å². The monoisotopic (exact) mass is 291 g/mol. The highest BCUT2D eigenvalue weighted by atomic mass is 32.1. The number of hydrogen-bond acceptors (Lipinski definition) is 4. The van der Waals surface area contributed by atoms with Crippen LogP contribution in [0.15, 0.2) is 0 Å². The molecule has 1 amide bonds. The molecule has 2 fully saturated rings. The number of nitrogens with zero attached hydrogens (tertiary/aromatic N) is 3. The Morgan fingerprint density at radius 1 is 1.05 bits per heavy atom. The van der Waals surface area contributed by atoms with Crippen LogP contribution in [0.3, 0.4) is 0 Å². The van der Waals surface area contributed by atoms with Crippen molar-refractivity contribution >= 4 is 22.4 Å². The Labute approximate surface area is 123 Å². The van der Waals surface area contributed by atoms with E-state index in [-0.39, 0.29) is 0 Å². The lowest BCUT2D eigenvalue weighted by Gasteiger charge is -2.36. The van der Waals surface area contributed by atoms with Gasteiger partial charge in [0.05, 0.1) is 5.69 Å². The van der Waals surface area contributed by atoms with Crippen LogP contribution >= 0.6 is 11.3 Å². The van der Waals surface area contributed by atoms with Crippen molar-refractivity contribution in [3.05, 3.63) is 10.6 Å². The number of carbonyl (C=O) groups is 1. The van der Waals surface area contributed by atoms with Gasteiger partial charge in [-0.2, -0.15) is 0 Å². The van der Waals surface area contributed by atoms with E-state index in [0.29, 0.717) is 11.9 Å². The average molecular weight is 291 g/mol. The summed E-state index contributed by atoms with van der Waals surface area (Å²) in [5.74, 6) is 0.372. The van der Waals surface area contributed by atoms with Crippen molar-refractivity contribution in [3.8, 4) is 0 Å². The third kappa shape index (κ3) is 2.12. The highest BCUT2D eigenvalue weighted by molar-refractivity contribution is 7.15. The normalized spacial score (nSPS) is 23.7. The molecule has 4 rings (SSSR count). The molecule has 1 aromatic rings. The molecule has 3 aliphatic rings. The maximum Gasteiger partial charge on any atom is 0.222 e. The third-order valence-electron chi connectivity index (χ3n) is 4.87. The molecule has 1 aliphatic carbocycles. The Bertz CT molecular complexity index is 498. The smallest absolute Gasteiger partial charge is 0.222 e. The number of amides is 1. The van der Waals surface area contributed by atoms with E-state index >= 15 is 0 Å². The minimum Gasteiger partial charge on any atom is -0.348 e. The Hall–Kier alpha value is -1.10. The van der Waals surface area contributed by atoms with Gasteiger partial charge in [0.15, 0.2) is 5.13 Å². The van der Waals surface area contributed by atoms with Crippen molar-refractivity contribution in [1.82, 2.24) is 9.88 Å². The molecule has 3 heterocycles. The van der Waals surface area contributed by atoms with Crippen LogP contribution in [0.2, 0.25) is 0 Å². The van der Waals surface area contributed by atoms with Crippen LogP contribution in [0.4, 0.5) is 5.13 Å². The number of hydrogen-bond donors (Lipinski definition) is 0. The highest BCUT2D eigenvalue weighted by Crippen LogP contribution is 2.34. The van der Waals surface area contributed by atoms with Crippen LogP contribution in [0.25, 0.3) is 0 Å². The number of likely N-dealkylation sites (tertiary alicyclic amines) is 1. The number of fused-ring (bicyclic) bond motifs is 1. The molecule has 20 heavy (non-hydrogen) atoms. The molecule has 2 aliphatic heterocycles. The van der Waals surface area contributed by atoms with Crippen LogP contribution in [0, 0.1) is 0 Å². The van der Waals surface area contributed by atoms with E-state index in [0.717, 1.165) is 45.3 Å². The highest BCUT2D eigenvalue weighted by Gasteiger charge is 2.31. The second-order valence-electron chi connectivity index (χ2n) is 6.13. The fraction of sp³-hybridized carbons (Fsp3) is 0.733. The molecule has 0 saturated carbocycles. The Morgan fingerprint density at radius 3 is 2.60 bits per heavy atom. The lowest BCUT2D eigenvalue weighted by Crippen LogP contribution is -2.45. The minimum absolute atomic E-state index is 0.372. The molecule has 5 heteroatoms. The van der Waals surface area contributed by atoms with E-state index in [1.165, 1.54) is 35.0 Å². The molecular formula is C15H21N3OS. The van der Waals surface area contributed by atoms with Gasteiger partial charge in [0.25, 0.3) is 0 Å². The van der Waals surface area contributed by atoms with E-state index < -0.39 is 0 Å². The predicted octanol–water partition coefficient (Wildman–Crippen LogP) is 2.22. The zero-order valence-electron chi connectivity index (χ0n) is 11.8. The molecular weight excluding hydrogens is 270 g/mol. The molecule has 0 aromatic carbocycles. The van der Waals surface area contributed by atoms with Crippen LogP contribution < -0.4 is 4.90 Å². The predicted molar refractivity (Wildman–Crippen MR) is 80.3 cm³/mol. The molecule has 0 atom stereocenters. The maximum atomic E-state index is 11.8. The van der Waals surface area contributed by atoms with E-state index in [1.807, 2.05) is 11.3 Å². The lowest BCUT2D eigenvalue weighted by molar-refractivity contribution is -0.130. The van der Waals surface area contributed by atoms with Gasteiger partial charge in [0.1, 0.15) is 0 Å². The Kier molecular flexibility index (Phi) is 3.17. The fourth-order valence-corrected chi connectivity index (χ4v) is 4.94. The van der Waals surface area contributed by atoms with Gasteiger partial charge in [-0.05, 0) is 38.5 Å². The lowest BCUT2D eigenvalue weighted by atomic mass is 10.0. The second kappa shape index (κ2) is 5.02. The molecule has 0 spiro atoms. The van der Waals surface area contributed by atoms with Crippen LogP contribution in [0.1, 0.15) is 42.7 Å². The van der Waals surface area contributed by atoms with Gasteiger partial charge in [-0.25, -0.2) is 4.98 Å². The second-order valence-corrected chi connectivity index (χ2v) is 7.19. The van der Waals surface area contributed by atoms with Gasteiger partial charge in [-0.15, -0.1) is 11.3 Å². The molecule has 1 aromatic heterocycles. The van der Waals surface area contributed by atoms with E-state index in [4.69, 9.17) is 4.98 Å². The van der Waals surface area contributed by atoms with Crippen molar-refractivity contribution in [2.45, 2.75) is 51.0 Å². The Morgan fingerprint density at radius 2 is 1.90 bits per heavy atom. The summed E-state index contributed by atoms with van der Waals surface area (Å²) < 4.78 is 0. The van der Waals surface area contributed by atoms with Gasteiger partial charge in [-0.3, -0.25) is 4.79 Å². The fourth-order valence-electron chi connectivity index (χ4n) is 3.74. The summed E-state index contributed by atoms with van der Waals surface area (Å²) in [6.07, 6.45) is 7.72. The van der Waals surface area contributed by atoms with E-state index in [1.54, 1.807) is 0 Å². The number of thiazole rings is 1. The number of piperidine rings is 1. The zero-order chi connectivity index (χ0) is 13.5. The first-order chi connectivity index (χ1) is 9.81. The van der Waals surface area contributed by atoms with Crippen molar-refractivity contribution in [2.75, 3.05) is 24.5 Å². The molecule has 0 N–H and O–H groups in total. The summed E-state index contributed by atoms with van der Waals surface area (Å²) in [6.45, 7) is 3.09. The third-order valence-corrected chi connectivity index (χ3v) is 6.09. The molecule has 4 nitrogen and oxygen atoms in total. The van der Waals surface area contributed by atoms with Gasteiger partial charge in [0.2, 0.25) is 5.91 Å². The first-order valence-electron chi connectivity index (χ1n) is 7.84. The minimum atomic E-state index is 0.372. The average Bonchev–Trinajstić information content (AvgIpc) is 3.13. The molecule has 2 saturated heterocycles. The zero-order valence-corrected chi connectivity index (χ0v) is 12.6. The largest absolute Gasteiger partial charge is 0.348 e. The van der Waals surface area contributed by atoms with Crippen molar-refractivity contribution < 1.29 is 4.79 Å². The maximum absolute atomic E-state index is 11.8. The van der Waals surface area contributed by atoms with Crippen molar-refractivity contribution in [1.29, 1.82) is 0 Å². The summed E-state index contributed by atoms with van der Waals surface area (Å²) in [5, 5.41) is 1.22. The van der Waals surface area contributed by atoms with Gasteiger partial charge in [-0.1, -0.05) is 0 Å². The summed E-state index contributed by atoms with van der Waals surface area (Å²) in [6, 6.07) is 0.480. The summed E-state index contributed by atoms with van der Waals surface area (Å²) in [5.41, 5.74) is 1.35. The first kappa shape index (κ1) is 12.6. The Balaban J connectivity index is 1.40.